The minimum Gasteiger partial charge on any atom is -0.497 e. The van der Waals surface area contributed by atoms with Gasteiger partial charge in [0.15, 0.2) is 0 Å². The maximum Gasteiger partial charge on any atom is 0.341 e. The van der Waals surface area contributed by atoms with Crippen LogP contribution in [-0.2, 0) is 20.7 Å². The molecule has 2 aromatic rings. The molecule has 24 heavy (non-hydrogen) atoms. The minimum atomic E-state index is -0.517. The third kappa shape index (κ3) is 3.92. The second kappa shape index (κ2) is 8.14. The van der Waals surface area contributed by atoms with E-state index in [0.29, 0.717) is 17.1 Å². The zero-order chi connectivity index (χ0) is 17.5. The van der Waals surface area contributed by atoms with Crippen molar-refractivity contribution in [2.24, 2.45) is 0 Å². The molecule has 0 N–H and O–H groups in total. The third-order valence-electron chi connectivity index (χ3n) is 3.30. The lowest BCUT2D eigenvalue weighted by molar-refractivity contribution is -0.142. The van der Waals surface area contributed by atoms with Gasteiger partial charge in [0, 0.05) is 0 Å². The molecule has 0 aliphatic rings. The highest BCUT2D eigenvalue weighted by atomic mass is 16.5. The van der Waals surface area contributed by atoms with Crippen molar-refractivity contribution < 1.29 is 23.8 Å². The van der Waals surface area contributed by atoms with Crippen LogP contribution in [0.2, 0.25) is 0 Å². The van der Waals surface area contributed by atoms with E-state index in [1.165, 1.54) is 10.9 Å². The van der Waals surface area contributed by atoms with Crippen molar-refractivity contribution in [2.75, 3.05) is 20.3 Å². The van der Waals surface area contributed by atoms with Crippen LogP contribution < -0.4 is 4.74 Å². The van der Waals surface area contributed by atoms with Gasteiger partial charge in [0.1, 0.15) is 11.3 Å². The van der Waals surface area contributed by atoms with E-state index >= 15 is 0 Å². The first-order valence-corrected chi connectivity index (χ1v) is 7.64. The monoisotopic (exact) mass is 332 g/mol. The number of carbonyl (C=O) groups is 2. The molecule has 0 aliphatic heterocycles. The predicted molar refractivity (Wildman–Crippen MR) is 86.4 cm³/mol. The summed E-state index contributed by atoms with van der Waals surface area (Å²) in [7, 11) is 1.58. The fourth-order valence-corrected chi connectivity index (χ4v) is 2.22. The smallest absolute Gasteiger partial charge is 0.341 e. The lowest BCUT2D eigenvalue weighted by atomic mass is 10.2. The number of hydrogen-bond donors (Lipinski definition) is 0. The van der Waals surface area contributed by atoms with Gasteiger partial charge in [-0.2, -0.15) is 5.10 Å². The summed E-state index contributed by atoms with van der Waals surface area (Å²) in [5.41, 5.74) is 1.38. The van der Waals surface area contributed by atoms with Gasteiger partial charge in [0.25, 0.3) is 0 Å². The van der Waals surface area contributed by atoms with Crippen molar-refractivity contribution >= 4 is 11.9 Å². The maximum atomic E-state index is 12.1. The van der Waals surface area contributed by atoms with E-state index in [4.69, 9.17) is 14.2 Å². The fourth-order valence-electron chi connectivity index (χ4n) is 2.22. The van der Waals surface area contributed by atoms with Crippen molar-refractivity contribution in [3.05, 3.63) is 41.7 Å². The second-order valence-corrected chi connectivity index (χ2v) is 4.82. The third-order valence-corrected chi connectivity index (χ3v) is 3.30. The van der Waals surface area contributed by atoms with E-state index < -0.39 is 11.9 Å². The number of rotatable bonds is 7. The predicted octanol–water partition coefficient (Wildman–Crippen LogP) is 2.16. The summed E-state index contributed by atoms with van der Waals surface area (Å²) >= 11 is 0. The summed E-state index contributed by atoms with van der Waals surface area (Å²) in [6.45, 7) is 3.96. The van der Waals surface area contributed by atoms with Gasteiger partial charge in [-0.1, -0.05) is 0 Å². The number of nitrogens with zero attached hydrogens (tertiary/aromatic N) is 2. The Morgan fingerprint density at radius 1 is 1.08 bits per heavy atom. The van der Waals surface area contributed by atoms with Gasteiger partial charge in [0.2, 0.25) is 0 Å². The molecule has 1 heterocycles. The number of aromatic nitrogens is 2. The summed E-state index contributed by atoms with van der Waals surface area (Å²) in [6, 6.07) is 7.12. The van der Waals surface area contributed by atoms with Crippen molar-refractivity contribution in [3.63, 3.8) is 0 Å². The van der Waals surface area contributed by atoms with Crippen LogP contribution in [0.3, 0.4) is 0 Å². The molecule has 0 radical (unpaired) electrons. The van der Waals surface area contributed by atoms with Crippen molar-refractivity contribution in [1.82, 2.24) is 9.78 Å². The van der Waals surface area contributed by atoms with Crippen LogP contribution in [0.4, 0.5) is 0 Å². The van der Waals surface area contributed by atoms with E-state index in [9.17, 15) is 9.59 Å². The molecule has 1 aromatic heterocycles. The van der Waals surface area contributed by atoms with Gasteiger partial charge in [-0.25, -0.2) is 9.48 Å². The molecule has 0 unspecified atom stereocenters. The Labute approximate surface area is 140 Å². The first-order chi connectivity index (χ1) is 11.6. The van der Waals surface area contributed by atoms with Crippen molar-refractivity contribution in [3.8, 4) is 11.4 Å². The van der Waals surface area contributed by atoms with Gasteiger partial charge in [-0.15, -0.1) is 0 Å². The van der Waals surface area contributed by atoms with Crippen LogP contribution in [0.5, 0.6) is 5.75 Å². The van der Waals surface area contributed by atoms with Gasteiger partial charge in [0.05, 0.1) is 44.3 Å². The maximum absolute atomic E-state index is 12.1. The van der Waals surface area contributed by atoms with Crippen LogP contribution in [0.25, 0.3) is 5.69 Å². The molecule has 128 valence electrons. The molecule has 1 aromatic carbocycles. The highest BCUT2D eigenvalue weighted by Gasteiger charge is 2.22. The zero-order valence-corrected chi connectivity index (χ0v) is 13.9. The summed E-state index contributed by atoms with van der Waals surface area (Å²) in [5, 5.41) is 4.23. The van der Waals surface area contributed by atoms with E-state index in [1.54, 1.807) is 45.2 Å². The number of benzene rings is 1. The molecule has 0 bridgehead atoms. The molecule has 7 heteroatoms. The van der Waals surface area contributed by atoms with Crippen molar-refractivity contribution in [2.45, 2.75) is 20.3 Å². The highest BCUT2D eigenvalue weighted by molar-refractivity contribution is 5.92. The molecule has 0 fully saturated rings. The molecule has 0 saturated carbocycles. The number of esters is 2. The Balaban J connectivity index is 2.41. The van der Waals surface area contributed by atoms with Crippen LogP contribution in [-0.4, -0.2) is 42.0 Å². The summed E-state index contributed by atoms with van der Waals surface area (Å²) < 4.78 is 16.7. The van der Waals surface area contributed by atoms with Crippen LogP contribution in [0, 0.1) is 0 Å². The van der Waals surface area contributed by atoms with Crippen LogP contribution in [0.15, 0.2) is 30.5 Å². The van der Waals surface area contributed by atoms with Gasteiger partial charge in [-0.3, -0.25) is 4.79 Å². The summed E-state index contributed by atoms with van der Waals surface area (Å²) in [6.07, 6.45) is 1.32. The molecular formula is C17H20N2O5. The highest BCUT2D eigenvalue weighted by Crippen LogP contribution is 2.20. The quantitative estimate of drug-likeness (QED) is 0.723. The topological polar surface area (TPSA) is 79.7 Å². The first kappa shape index (κ1) is 17.5. The molecule has 7 nitrogen and oxygen atoms in total. The van der Waals surface area contributed by atoms with Crippen LogP contribution in [0.1, 0.15) is 29.9 Å². The molecule has 0 atom stereocenters. The van der Waals surface area contributed by atoms with Gasteiger partial charge in [-0.05, 0) is 38.1 Å². The fraction of sp³-hybridized carbons (Fsp3) is 0.353. The SMILES string of the molecule is CCOC(=O)Cc1c(C(=O)OCC)cnn1-c1ccc(OC)cc1. The van der Waals surface area contributed by atoms with E-state index in [2.05, 4.69) is 5.10 Å². The molecule has 0 aliphatic carbocycles. The Kier molecular flexibility index (Phi) is 5.95. The van der Waals surface area contributed by atoms with E-state index in [1.807, 2.05) is 0 Å². The number of hydrogen-bond acceptors (Lipinski definition) is 6. The normalized spacial score (nSPS) is 10.3. The second-order valence-electron chi connectivity index (χ2n) is 4.82. The zero-order valence-electron chi connectivity index (χ0n) is 13.9. The number of methoxy groups -OCH3 is 1. The molecular weight excluding hydrogens is 312 g/mol. The van der Waals surface area contributed by atoms with Gasteiger partial charge < -0.3 is 14.2 Å². The summed E-state index contributed by atoms with van der Waals surface area (Å²) in [5.74, 6) is -0.252. The summed E-state index contributed by atoms with van der Waals surface area (Å²) in [4.78, 5) is 24.0. The Morgan fingerprint density at radius 2 is 1.75 bits per heavy atom. The average molecular weight is 332 g/mol. The average Bonchev–Trinajstić information content (AvgIpc) is 2.99. The lowest BCUT2D eigenvalue weighted by Gasteiger charge is -2.10. The Morgan fingerprint density at radius 3 is 2.33 bits per heavy atom. The standard InChI is InChI=1S/C17H20N2O5/c1-4-23-16(20)10-15-14(17(21)24-5-2)11-18-19(15)12-6-8-13(22-3)9-7-12/h6-9,11H,4-5,10H2,1-3H3. The molecule has 0 saturated heterocycles. The largest absolute Gasteiger partial charge is 0.497 e. The van der Waals surface area contributed by atoms with Crippen molar-refractivity contribution in [1.29, 1.82) is 0 Å². The van der Waals surface area contributed by atoms with Gasteiger partial charge >= 0.3 is 11.9 Å². The molecule has 2 rings (SSSR count). The minimum absolute atomic E-state index is 0.0754. The van der Waals surface area contributed by atoms with Crippen LogP contribution >= 0.6 is 0 Å². The molecule has 0 amide bonds. The Bertz CT molecular complexity index is 706. The lowest BCUT2D eigenvalue weighted by Crippen LogP contribution is -2.15. The number of carbonyl (C=O) groups excluding carboxylic acids is 2. The molecule has 0 spiro atoms. The Hall–Kier alpha value is -2.83. The first-order valence-electron chi connectivity index (χ1n) is 7.64. The number of ether oxygens (including phenoxy) is 3. The van der Waals surface area contributed by atoms with E-state index in [-0.39, 0.29) is 25.2 Å². The van der Waals surface area contributed by atoms with E-state index in [0.717, 1.165) is 0 Å².